The Bertz CT molecular complexity index is 968. The third-order valence-electron chi connectivity index (χ3n) is 5.48. The van der Waals surface area contributed by atoms with Crippen molar-refractivity contribution in [1.82, 2.24) is 35.2 Å². The van der Waals surface area contributed by atoms with Gasteiger partial charge in [0.25, 0.3) is 5.91 Å². The summed E-state index contributed by atoms with van der Waals surface area (Å²) in [7, 11) is 0. The SMILES string of the molecule is CCn1c(CCNC(=O)c2nnn(C3CCNCC3)c2C)nc2ccccc21. The van der Waals surface area contributed by atoms with Crippen LogP contribution in [0.4, 0.5) is 0 Å². The summed E-state index contributed by atoms with van der Waals surface area (Å²) in [6.07, 6.45) is 2.70. The van der Waals surface area contributed by atoms with E-state index in [-0.39, 0.29) is 5.91 Å². The lowest BCUT2D eigenvalue weighted by molar-refractivity contribution is 0.0948. The number of nitrogens with one attached hydrogen (secondary N) is 2. The second-order valence-electron chi connectivity index (χ2n) is 7.22. The zero-order valence-corrected chi connectivity index (χ0v) is 16.5. The second-order valence-corrected chi connectivity index (χ2v) is 7.22. The first-order chi connectivity index (χ1) is 13.7. The van der Waals surface area contributed by atoms with Gasteiger partial charge < -0.3 is 15.2 Å². The maximum atomic E-state index is 12.6. The summed E-state index contributed by atoms with van der Waals surface area (Å²) in [5, 5.41) is 14.7. The standard InChI is InChI=1S/C20H27N7O/c1-3-26-17-7-5-4-6-16(17)23-18(26)10-13-22-20(28)19-14(2)27(25-24-19)15-8-11-21-12-9-15/h4-7,15,21H,3,8-13H2,1-2H3,(H,22,28). The van der Waals surface area contributed by atoms with Gasteiger partial charge in [0.1, 0.15) is 5.82 Å². The van der Waals surface area contributed by atoms with E-state index in [4.69, 9.17) is 4.98 Å². The fourth-order valence-corrected chi connectivity index (χ4v) is 3.99. The number of hydrogen-bond donors (Lipinski definition) is 2. The number of hydrogen-bond acceptors (Lipinski definition) is 5. The van der Waals surface area contributed by atoms with Crippen LogP contribution in [-0.2, 0) is 13.0 Å². The minimum atomic E-state index is -0.170. The lowest BCUT2D eigenvalue weighted by Crippen LogP contribution is -2.30. The normalized spacial score (nSPS) is 15.2. The molecule has 8 nitrogen and oxygen atoms in total. The average Bonchev–Trinajstić information content (AvgIpc) is 3.28. The van der Waals surface area contributed by atoms with E-state index >= 15 is 0 Å². The molecule has 148 valence electrons. The van der Waals surface area contributed by atoms with Gasteiger partial charge in [-0.1, -0.05) is 17.3 Å². The van der Waals surface area contributed by atoms with Crippen LogP contribution in [0.25, 0.3) is 11.0 Å². The predicted molar refractivity (Wildman–Crippen MR) is 107 cm³/mol. The van der Waals surface area contributed by atoms with Gasteiger partial charge in [0, 0.05) is 19.5 Å². The molecule has 1 saturated heterocycles. The van der Waals surface area contributed by atoms with Crippen LogP contribution in [0.3, 0.4) is 0 Å². The molecule has 0 spiro atoms. The number of aryl methyl sites for hydroxylation is 1. The number of carbonyl (C=O) groups excluding carboxylic acids is 1. The minimum absolute atomic E-state index is 0.170. The third kappa shape index (κ3) is 3.52. The van der Waals surface area contributed by atoms with Crippen LogP contribution in [0.2, 0.25) is 0 Å². The van der Waals surface area contributed by atoms with Crippen molar-refractivity contribution in [2.75, 3.05) is 19.6 Å². The van der Waals surface area contributed by atoms with E-state index in [1.165, 1.54) is 0 Å². The van der Waals surface area contributed by atoms with Crippen molar-refractivity contribution in [3.05, 3.63) is 41.5 Å². The van der Waals surface area contributed by atoms with Gasteiger partial charge in [-0.25, -0.2) is 9.67 Å². The highest BCUT2D eigenvalue weighted by molar-refractivity contribution is 5.93. The second kappa shape index (κ2) is 8.10. The molecule has 2 aromatic heterocycles. The Morgan fingerprint density at radius 1 is 1.29 bits per heavy atom. The van der Waals surface area contributed by atoms with Gasteiger partial charge in [-0.05, 0) is 51.9 Å². The van der Waals surface area contributed by atoms with Crippen LogP contribution in [0.5, 0.6) is 0 Å². The molecule has 3 heterocycles. The molecule has 0 saturated carbocycles. The lowest BCUT2D eigenvalue weighted by Gasteiger charge is -2.23. The molecule has 0 atom stereocenters. The van der Waals surface area contributed by atoms with Crippen LogP contribution in [0.15, 0.2) is 24.3 Å². The highest BCUT2D eigenvalue weighted by Gasteiger charge is 2.22. The number of para-hydroxylation sites is 2. The Morgan fingerprint density at radius 3 is 2.86 bits per heavy atom. The summed E-state index contributed by atoms with van der Waals surface area (Å²) in [5.41, 5.74) is 3.38. The van der Waals surface area contributed by atoms with Gasteiger partial charge in [-0.2, -0.15) is 0 Å². The molecular weight excluding hydrogens is 354 g/mol. The Kier molecular flexibility index (Phi) is 5.38. The molecule has 1 fully saturated rings. The molecule has 1 amide bonds. The highest BCUT2D eigenvalue weighted by Crippen LogP contribution is 2.20. The van der Waals surface area contributed by atoms with E-state index < -0.39 is 0 Å². The van der Waals surface area contributed by atoms with Crippen molar-refractivity contribution in [3.8, 4) is 0 Å². The molecule has 3 aromatic rings. The molecule has 0 bridgehead atoms. The molecule has 8 heteroatoms. The van der Waals surface area contributed by atoms with Crippen LogP contribution in [0.1, 0.15) is 47.8 Å². The largest absolute Gasteiger partial charge is 0.350 e. The van der Waals surface area contributed by atoms with E-state index in [2.05, 4.69) is 38.5 Å². The van der Waals surface area contributed by atoms with E-state index in [1.54, 1.807) is 0 Å². The van der Waals surface area contributed by atoms with Crippen molar-refractivity contribution < 1.29 is 4.79 Å². The molecule has 4 rings (SSSR count). The Morgan fingerprint density at radius 2 is 2.07 bits per heavy atom. The van der Waals surface area contributed by atoms with Crippen molar-refractivity contribution in [2.24, 2.45) is 0 Å². The summed E-state index contributed by atoms with van der Waals surface area (Å²) in [6, 6.07) is 8.44. The molecule has 2 N–H and O–H groups in total. The minimum Gasteiger partial charge on any atom is -0.350 e. The zero-order chi connectivity index (χ0) is 19.5. The zero-order valence-electron chi connectivity index (χ0n) is 16.5. The average molecular weight is 381 g/mol. The highest BCUT2D eigenvalue weighted by atomic mass is 16.2. The van der Waals surface area contributed by atoms with Gasteiger partial charge >= 0.3 is 0 Å². The number of piperidine rings is 1. The summed E-state index contributed by atoms with van der Waals surface area (Å²) in [5.74, 6) is 0.816. The van der Waals surface area contributed by atoms with Crippen molar-refractivity contribution in [2.45, 2.75) is 45.7 Å². The number of aromatic nitrogens is 5. The number of carbonyl (C=O) groups is 1. The maximum absolute atomic E-state index is 12.6. The van der Waals surface area contributed by atoms with E-state index in [0.717, 1.165) is 55.0 Å². The van der Waals surface area contributed by atoms with Crippen LogP contribution < -0.4 is 10.6 Å². The monoisotopic (exact) mass is 381 g/mol. The summed E-state index contributed by atoms with van der Waals surface area (Å²) >= 11 is 0. The number of benzene rings is 1. The third-order valence-corrected chi connectivity index (χ3v) is 5.48. The fourth-order valence-electron chi connectivity index (χ4n) is 3.99. The van der Waals surface area contributed by atoms with Crippen LogP contribution >= 0.6 is 0 Å². The van der Waals surface area contributed by atoms with Crippen molar-refractivity contribution in [1.29, 1.82) is 0 Å². The number of amides is 1. The molecule has 28 heavy (non-hydrogen) atoms. The molecule has 1 aliphatic heterocycles. The molecule has 1 aliphatic rings. The van der Waals surface area contributed by atoms with Gasteiger partial charge in [0.05, 0.1) is 22.8 Å². The van der Waals surface area contributed by atoms with Gasteiger partial charge in [-0.15, -0.1) is 5.10 Å². The van der Waals surface area contributed by atoms with Crippen molar-refractivity contribution in [3.63, 3.8) is 0 Å². The molecule has 0 aliphatic carbocycles. The van der Waals surface area contributed by atoms with E-state index in [9.17, 15) is 4.79 Å². The number of nitrogens with zero attached hydrogens (tertiary/aromatic N) is 5. The van der Waals surface area contributed by atoms with Crippen molar-refractivity contribution >= 4 is 16.9 Å². The predicted octanol–water partition coefficient (Wildman–Crippen LogP) is 1.85. The Balaban J connectivity index is 1.41. The summed E-state index contributed by atoms with van der Waals surface area (Å²) in [4.78, 5) is 17.3. The van der Waals surface area contributed by atoms with E-state index in [1.807, 2.05) is 29.8 Å². The molecule has 0 unspecified atom stereocenters. The molecule has 0 radical (unpaired) electrons. The van der Waals surface area contributed by atoms with Crippen LogP contribution in [-0.4, -0.2) is 50.1 Å². The first-order valence-corrected chi connectivity index (χ1v) is 10.0. The van der Waals surface area contributed by atoms with Gasteiger partial charge in [0.15, 0.2) is 5.69 Å². The summed E-state index contributed by atoms with van der Waals surface area (Å²) < 4.78 is 4.10. The smallest absolute Gasteiger partial charge is 0.273 e. The van der Waals surface area contributed by atoms with Gasteiger partial charge in [0.2, 0.25) is 0 Å². The van der Waals surface area contributed by atoms with E-state index in [0.29, 0.717) is 24.7 Å². The number of rotatable bonds is 6. The number of fused-ring (bicyclic) bond motifs is 1. The maximum Gasteiger partial charge on any atom is 0.273 e. The number of imidazole rings is 1. The Hall–Kier alpha value is -2.74. The topological polar surface area (TPSA) is 89.7 Å². The Labute approximate surface area is 164 Å². The first-order valence-electron chi connectivity index (χ1n) is 10.0. The molecule has 1 aromatic carbocycles. The lowest BCUT2D eigenvalue weighted by atomic mass is 10.1. The first kappa shape index (κ1) is 18.6. The van der Waals surface area contributed by atoms with Gasteiger partial charge in [-0.3, -0.25) is 4.79 Å². The van der Waals surface area contributed by atoms with Crippen LogP contribution in [0, 0.1) is 6.92 Å². The fraction of sp³-hybridized carbons (Fsp3) is 0.500. The summed E-state index contributed by atoms with van der Waals surface area (Å²) in [6.45, 7) is 7.36. The quantitative estimate of drug-likeness (QED) is 0.680. The molecular formula is C20H27N7O.